The summed E-state index contributed by atoms with van der Waals surface area (Å²) < 4.78 is 10.7. The Kier molecular flexibility index (Phi) is 4.82. The second-order valence-electron chi connectivity index (χ2n) is 4.63. The molecule has 2 aromatic rings. The van der Waals surface area contributed by atoms with Crippen molar-refractivity contribution < 1.29 is 19.4 Å². The molecule has 0 aliphatic carbocycles. The summed E-state index contributed by atoms with van der Waals surface area (Å²) in [6.45, 7) is 2.42. The van der Waals surface area contributed by atoms with Crippen LogP contribution in [0.15, 0.2) is 42.5 Å². The molecule has 0 fully saturated rings. The fourth-order valence-corrected chi connectivity index (χ4v) is 1.96. The Bertz CT molecular complexity index is 617. The average molecular weight is 286 g/mol. The highest BCUT2D eigenvalue weighted by molar-refractivity contribution is 5.91. The van der Waals surface area contributed by atoms with Crippen LogP contribution in [0, 0.1) is 0 Å². The number of ether oxygens (including phenoxy) is 2. The van der Waals surface area contributed by atoms with Gasteiger partial charge in [0.05, 0.1) is 7.11 Å². The summed E-state index contributed by atoms with van der Waals surface area (Å²) in [6, 6.07) is 12.7. The molecule has 0 amide bonds. The topological polar surface area (TPSA) is 55.8 Å². The normalized spacial score (nSPS) is 10.2. The van der Waals surface area contributed by atoms with Crippen LogP contribution in [0.4, 0.5) is 0 Å². The lowest BCUT2D eigenvalue weighted by Gasteiger charge is -2.11. The van der Waals surface area contributed by atoms with Crippen LogP contribution in [0.2, 0.25) is 0 Å². The van der Waals surface area contributed by atoms with Crippen molar-refractivity contribution in [1.82, 2.24) is 0 Å². The zero-order valence-electron chi connectivity index (χ0n) is 12.1. The molecule has 0 spiro atoms. The van der Waals surface area contributed by atoms with Gasteiger partial charge in [0.2, 0.25) is 0 Å². The first-order valence-corrected chi connectivity index (χ1v) is 6.76. The quantitative estimate of drug-likeness (QED) is 0.882. The van der Waals surface area contributed by atoms with Crippen molar-refractivity contribution in [2.24, 2.45) is 0 Å². The molecule has 110 valence electrons. The van der Waals surface area contributed by atoms with Gasteiger partial charge in [0.25, 0.3) is 0 Å². The third-order valence-corrected chi connectivity index (χ3v) is 3.24. The molecule has 2 rings (SSSR count). The highest BCUT2D eigenvalue weighted by Gasteiger charge is 2.12. The van der Waals surface area contributed by atoms with E-state index in [1.54, 1.807) is 12.1 Å². The fraction of sp³-hybridized carbons (Fsp3) is 0.235. The molecule has 21 heavy (non-hydrogen) atoms. The van der Waals surface area contributed by atoms with Crippen molar-refractivity contribution in [2.75, 3.05) is 7.11 Å². The number of hydrogen-bond acceptors (Lipinski definition) is 3. The summed E-state index contributed by atoms with van der Waals surface area (Å²) in [5.41, 5.74) is 2.37. The molecule has 0 aliphatic rings. The number of methoxy groups -OCH3 is 1. The second kappa shape index (κ2) is 6.79. The number of carboxylic acid groups (broad SMARTS) is 1. The molecule has 0 saturated heterocycles. The second-order valence-corrected chi connectivity index (χ2v) is 4.63. The standard InChI is InChI=1S/C17H18O4/c1-3-12-4-6-13(7-5-12)11-21-16-10-14(20-2)8-9-15(16)17(18)19/h4-10H,3,11H2,1-2H3,(H,18,19). The number of carbonyl (C=O) groups is 1. The van der Waals surface area contributed by atoms with Crippen LogP contribution in [0.3, 0.4) is 0 Å². The van der Waals surface area contributed by atoms with E-state index in [0.717, 1.165) is 12.0 Å². The predicted octanol–water partition coefficient (Wildman–Crippen LogP) is 3.53. The number of aromatic carboxylic acids is 1. The maximum absolute atomic E-state index is 11.2. The number of aryl methyl sites for hydroxylation is 1. The molecule has 0 saturated carbocycles. The van der Waals surface area contributed by atoms with E-state index in [-0.39, 0.29) is 5.56 Å². The minimum atomic E-state index is -1.02. The van der Waals surface area contributed by atoms with E-state index in [0.29, 0.717) is 18.1 Å². The van der Waals surface area contributed by atoms with Gasteiger partial charge in [-0.25, -0.2) is 4.79 Å². The molecule has 0 atom stereocenters. The predicted molar refractivity (Wildman–Crippen MR) is 80.1 cm³/mol. The van der Waals surface area contributed by atoms with E-state index in [1.165, 1.54) is 18.7 Å². The van der Waals surface area contributed by atoms with Crippen molar-refractivity contribution >= 4 is 5.97 Å². The first-order chi connectivity index (χ1) is 10.1. The van der Waals surface area contributed by atoms with Crippen LogP contribution >= 0.6 is 0 Å². The molecule has 0 aromatic heterocycles. The molecule has 1 N–H and O–H groups in total. The van der Waals surface area contributed by atoms with E-state index < -0.39 is 5.97 Å². The van der Waals surface area contributed by atoms with Gasteiger partial charge in [-0.05, 0) is 29.7 Å². The largest absolute Gasteiger partial charge is 0.497 e. The van der Waals surface area contributed by atoms with Gasteiger partial charge in [0.15, 0.2) is 0 Å². The van der Waals surface area contributed by atoms with Gasteiger partial charge >= 0.3 is 5.97 Å². The van der Waals surface area contributed by atoms with Crippen LogP contribution in [-0.4, -0.2) is 18.2 Å². The molecule has 0 aliphatic heterocycles. The van der Waals surface area contributed by atoms with Gasteiger partial charge in [-0.3, -0.25) is 0 Å². The van der Waals surface area contributed by atoms with Crippen molar-refractivity contribution in [3.63, 3.8) is 0 Å². The van der Waals surface area contributed by atoms with Crippen molar-refractivity contribution in [2.45, 2.75) is 20.0 Å². The van der Waals surface area contributed by atoms with Crippen LogP contribution in [0.5, 0.6) is 11.5 Å². The van der Waals surface area contributed by atoms with Gasteiger partial charge in [0.1, 0.15) is 23.7 Å². The molecule has 0 radical (unpaired) electrons. The molecule has 4 heteroatoms. The van der Waals surface area contributed by atoms with Crippen LogP contribution < -0.4 is 9.47 Å². The molecule has 0 unspecified atom stereocenters. The molecule has 0 bridgehead atoms. The summed E-state index contributed by atoms with van der Waals surface area (Å²) in [4.78, 5) is 11.2. The Morgan fingerprint density at radius 2 is 1.76 bits per heavy atom. The summed E-state index contributed by atoms with van der Waals surface area (Å²) in [6.07, 6.45) is 0.986. The summed E-state index contributed by atoms with van der Waals surface area (Å²) in [7, 11) is 1.53. The Labute approximate surface area is 123 Å². The third kappa shape index (κ3) is 3.75. The highest BCUT2D eigenvalue weighted by Crippen LogP contribution is 2.25. The number of carboxylic acids is 1. The third-order valence-electron chi connectivity index (χ3n) is 3.24. The van der Waals surface area contributed by atoms with Gasteiger partial charge in [-0.15, -0.1) is 0 Å². The van der Waals surface area contributed by atoms with Gasteiger partial charge in [-0.1, -0.05) is 31.2 Å². The van der Waals surface area contributed by atoms with E-state index in [4.69, 9.17) is 9.47 Å². The monoisotopic (exact) mass is 286 g/mol. The van der Waals surface area contributed by atoms with Crippen molar-refractivity contribution in [1.29, 1.82) is 0 Å². The number of rotatable bonds is 6. The van der Waals surface area contributed by atoms with Crippen molar-refractivity contribution in [3.8, 4) is 11.5 Å². The average Bonchev–Trinajstić information content (AvgIpc) is 2.52. The minimum Gasteiger partial charge on any atom is -0.497 e. The summed E-state index contributed by atoms with van der Waals surface area (Å²) >= 11 is 0. The molecule has 2 aromatic carbocycles. The van der Waals surface area contributed by atoms with Gasteiger partial charge < -0.3 is 14.6 Å². The van der Waals surface area contributed by atoms with Crippen LogP contribution in [0.1, 0.15) is 28.4 Å². The SMILES string of the molecule is CCc1ccc(COc2cc(OC)ccc2C(=O)O)cc1. The van der Waals surface area contributed by atoms with Gasteiger partial charge in [0, 0.05) is 6.07 Å². The smallest absolute Gasteiger partial charge is 0.339 e. The lowest BCUT2D eigenvalue weighted by atomic mass is 10.1. The van der Waals surface area contributed by atoms with Crippen LogP contribution in [-0.2, 0) is 13.0 Å². The molecular formula is C17H18O4. The zero-order chi connectivity index (χ0) is 15.2. The van der Waals surface area contributed by atoms with E-state index in [2.05, 4.69) is 6.92 Å². The van der Waals surface area contributed by atoms with E-state index >= 15 is 0 Å². The minimum absolute atomic E-state index is 0.126. The zero-order valence-corrected chi connectivity index (χ0v) is 12.1. The van der Waals surface area contributed by atoms with Crippen molar-refractivity contribution in [3.05, 3.63) is 59.2 Å². The van der Waals surface area contributed by atoms with E-state index in [9.17, 15) is 9.90 Å². The Hall–Kier alpha value is -2.49. The molecule has 0 heterocycles. The lowest BCUT2D eigenvalue weighted by Crippen LogP contribution is -2.04. The Morgan fingerprint density at radius 3 is 2.33 bits per heavy atom. The molecular weight excluding hydrogens is 268 g/mol. The van der Waals surface area contributed by atoms with E-state index in [1.807, 2.05) is 24.3 Å². The maximum atomic E-state index is 11.2. The Balaban J connectivity index is 2.15. The summed E-state index contributed by atoms with van der Waals surface area (Å²) in [5, 5.41) is 9.17. The lowest BCUT2D eigenvalue weighted by molar-refractivity contribution is 0.0691. The highest BCUT2D eigenvalue weighted by atomic mass is 16.5. The van der Waals surface area contributed by atoms with Gasteiger partial charge in [-0.2, -0.15) is 0 Å². The summed E-state index contributed by atoms with van der Waals surface area (Å²) in [5.74, 6) is -0.147. The van der Waals surface area contributed by atoms with Crippen LogP contribution in [0.25, 0.3) is 0 Å². The molecule has 4 nitrogen and oxygen atoms in total. The Morgan fingerprint density at radius 1 is 1.10 bits per heavy atom. The number of benzene rings is 2. The maximum Gasteiger partial charge on any atom is 0.339 e. The fourth-order valence-electron chi connectivity index (χ4n) is 1.96. The first kappa shape index (κ1) is 14.9. The first-order valence-electron chi connectivity index (χ1n) is 6.76. The number of hydrogen-bond donors (Lipinski definition) is 1.